The maximum atomic E-state index is 4.68. The molecule has 1 N–H and O–H groups in total. The van der Waals surface area contributed by atoms with Gasteiger partial charge >= 0.3 is 0 Å². The Morgan fingerprint density at radius 3 is 2.48 bits per heavy atom. The molecule has 124 valence electrons. The van der Waals surface area contributed by atoms with Gasteiger partial charge in [0.25, 0.3) is 0 Å². The third-order valence-electron chi connectivity index (χ3n) is 4.66. The molecule has 4 nitrogen and oxygen atoms in total. The number of hydrogen-bond acceptors (Lipinski definition) is 3. The summed E-state index contributed by atoms with van der Waals surface area (Å²) < 4.78 is 2.01. The minimum atomic E-state index is 0.659. The van der Waals surface area contributed by atoms with E-state index >= 15 is 0 Å². The molecule has 0 unspecified atom stereocenters. The number of rotatable bonds is 3. The lowest BCUT2D eigenvalue weighted by Crippen LogP contribution is -2.03. The van der Waals surface area contributed by atoms with Gasteiger partial charge in [0.2, 0.25) is 5.95 Å². The molecule has 0 aliphatic carbocycles. The lowest BCUT2D eigenvalue weighted by atomic mass is 10.0. The summed E-state index contributed by atoms with van der Waals surface area (Å²) in [6, 6.07) is 16.5. The Kier molecular flexibility index (Phi) is 3.73. The Hall–Kier alpha value is -3.14. The van der Waals surface area contributed by atoms with Gasteiger partial charge in [0.15, 0.2) is 0 Å². The minimum absolute atomic E-state index is 0.659. The van der Waals surface area contributed by atoms with Crippen LogP contribution in [0, 0.1) is 20.8 Å². The van der Waals surface area contributed by atoms with Gasteiger partial charge in [-0.25, -0.2) is 4.98 Å². The predicted molar refractivity (Wildman–Crippen MR) is 103 cm³/mol. The summed E-state index contributed by atoms with van der Waals surface area (Å²) in [7, 11) is 0. The minimum Gasteiger partial charge on any atom is -0.340 e. The fourth-order valence-corrected chi connectivity index (χ4v) is 3.05. The van der Waals surface area contributed by atoms with Crippen LogP contribution in [0.15, 0.2) is 60.9 Å². The van der Waals surface area contributed by atoms with E-state index in [0.29, 0.717) is 5.95 Å². The van der Waals surface area contributed by atoms with Crippen LogP contribution in [-0.2, 0) is 0 Å². The number of aromatic nitrogens is 3. The quantitative estimate of drug-likeness (QED) is 0.569. The van der Waals surface area contributed by atoms with Crippen LogP contribution < -0.4 is 5.32 Å². The van der Waals surface area contributed by atoms with Crippen LogP contribution in [0.1, 0.15) is 16.7 Å². The molecule has 0 atom stereocenters. The SMILES string of the molecule is Cc1cc(Nc2ccnc(-n3ccc4ccccc43)n2)cc(C)c1C. The molecule has 2 aromatic heterocycles. The van der Waals surface area contributed by atoms with Gasteiger partial charge in [-0.3, -0.25) is 4.57 Å². The lowest BCUT2D eigenvalue weighted by molar-refractivity contribution is 0.965. The molecular weight excluding hydrogens is 308 g/mol. The fourth-order valence-electron chi connectivity index (χ4n) is 3.05. The van der Waals surface area contributed by atoms with E-state index < -0.39 is 0 Å². The first-order chi connectivity index (χ1) is 12.1. The van der Waals surface area contributed by atoms with Crippen molar-refractivity contribution in [2.75, 3.05) is 5.32 Å². The molecule has 0 aliphatic heterocycles. The van der Waals surface area contributed by atoms with Gasteiger partial charge in [0, 0.05) is 23.5 Å². The third-order valence-corrected chi connectivity index (χ3v) is 4.66. The van der Waals surface area contributed by atoms with Crippen LogP contribution in [0.4, 0.5) is 11.5 Å². The van der Waals surface area contributed by atoms with E-state index in [1.165, 1.54) is 22.1 Å². The molecule has 0 fully saturated rings. The van der Waals surface area contributed by atoms with Gasteiger partial charge in [-0.2, -0.15) is 4.98 Å². The van der Waals surface area contributed by atoms with Gasteiger partial charge in [-0.05, 0) is 67.8 Å². The second-order valence-electron chi connectivity index (χ2n) is 6.35. The zero-order chi connectivity index (χ0) is 17.4. The van der Waals surface area contributed by atoms with Crippen LogP contribution in [0.3, 0.4) is 0 Å². The first-order valence-electron chi connectivity index (χ1n) is 8.36. The normalized spacial score (nSPS) is 11.0. The van der Waals surface area contributed by atoms with Crippen LogP contribution in [0.2, 0.25) is 0 Å². The smallest absolute Gasteiger partial charge is 0.236 e. The van der Waals surface area contributed by atoms with Gasteiger partial charge < -0.3 is 5.32 Å². The molecule has 0 bridgehead atoms. The number of para-hydroxylation sites is 1. The molecule has 2 heterocycles. The molecule has 2 aromatic carbocycles. The van der Waals surface area contributed by atoms with Gasteiger partial charge in [-0.15, -0.1) is 0 Å². The highest BCUT2D eigenvalue weighted by molar-refractivity contribution is 5.81. The summed E-state index contributed by atoms with van der Waals surface area (Å²) in [5.41, 5.74) is 6.01. The highest BCUT2D eigenvalue weighted by Crippen LogP contribution is 2.23. The predicted octanol–water partition coefficient (Wildman–Crippen LogP) is 5.09. The first kappa shape index (κ1) is 15.4. The van der Waals surface area contributed by atoms with Gasteiger partial charge in [-0.1, -0.05) is 18.2 Å². The number of nitrogens with one attached hydrogen (secondary N) is 1. The van der Waals surface area contributed by atoms with E-state index in [1.807, 2.05) is 29.0 Å². The van der Waals surface area contributed by atoms with Gasteiger partial charge in [0.1, 0.15) is 5.82 Å². The molecule has 4 rings (SSSR count). The summed E-state index contributed by atoms with van der Waals surface area (Å²) in [5, 5.41) is 4.57. The molecule has 4 aromatic rings. The highest BCUT2D eigenvalue weighted by atomic mass is 15.2. The van der Waals surface area contributed by atoms with E-state index in [1.54, 1.807) is 6.20 Å². The molecule has 0 aliphatic rings. The number of aryl methyl sites for hydroxylation is 2. The maximum Gasteiger partial charge on any atom is 0.236 e. The zero-order valence-corrected chi connectivity index (χ0v) is 14.6. The van der Waals surface area contributed by atoms with E-state index in [2.05, 4.69) is 66.4 Å². The van der Waals surface area contributed by atoms with Crippen molar-refractivity contribution in [1.82, 2.24) is 14.5 Å². The number of hydrogen-bond donors (Lipinski definition) is 1. The monoisotopic (exact) mass is 328 g/mol. The summed E-state index contributed by atoms with van der Waals surface area (Å²) in [4.78, 5) is 9.12. The molecule has 0 saturated carbocycles. The Labute approximate surface area is 147 Å². The molecule has 0 radical (unpaired) electrons. The van der Waals surface area contributed by atoms with Crippen molar-refractivity contribution in [2.45, 2.75) is 20.8 Å². The Morgan fingerprint density at radius 2 is 1.68 bits per heavy atom. The number of fused-ring (bicyclic) bond motifs is 1. The highest BCUT2D eigenvalue weighted by Gasteiger charge is 2.07. The van der Waals surface area contributed by atoms with Crippen LogP contribution in [0.5, 0.6) is 0 Å². The molecule has 0 saturated heterocycles. The standard InChI is InChI=1S/C21H20N4/c1-14-12-18(13-15(2)16(14)3)23-20-8-10-22-21(24-20)25-11-9-17-6-4-5-7-19(17)25/h4-13H,1-3H3,(H,22,23,24). The molecule has 25 heavy (non-hydrogen) atoms. The van der Waals surface area contributed by atoms with Gasteiger partial charge in [0.05, 0.1) is 5.52 Å². The molecule has 0 amide bonds. The van der Waals surface area contributed by atoms with E-state index in [0.717, 1.165) is 17.0 Å². The second-order valence-corrected chi connectivity index (χ2v) is 6.35. The van der Waals surface area contributed by atoms with Crippen LogP contribution >= 0.6 is 0 Å². The lowest BCUT2D eigenvalue weighted by Gasteiger charge is -2.12. The van der Waals surface area contributed by atoms with Crippen molar-refractivity contribution in [3.63, 3.8) is 0 Å². The summed E-state index contributed by atoms with van der Waals surface area (Å²) in [6.07, 6.45) is 3.79. The first-order valence-corrected chi connectivity index (χ1v) is 8.36. The zero-order valence-electron chi connectivity index (χ0n) is 14.6. The van der Waals surface area contributed by atoms with Crippen molar-refractivity contribution in [3.05, 3.63) is 77.6 Å². The number of anilines is 2. The van der Waals surface area contributed by atoms with Crippen molar-refractivity contribution >= 4 is 22.4 Å². The average Bonchev–Trinajstić information content (AvgIpc) is 3.04. The molecule has 0 spiro atoms. The van der Waals surface area contributed by atoms with Crippen molar-refractivity contribution in [2.24, 2.45) is 0 Å². The average molecular weight is 328 g/mol. The molecular formula is C21H20N4. The van der Waals surface area contributed by atoms with Crippen molar-refractivity contribution in [1.29, 1.82) is 0 Å². The Morgan fingerprint density at radius 1 is 0.920 bits per heavy atom. The van der Waals surface area contributed by atoms with E-state index in [9.17, 15) is 0 Å². The topological polar surface area (TPSA) is 42.7 Å². The third kappa shape index (κ3) is 2.87. The van der Waals surface area contributed by atoms with Crippen LogP contribution in [-0.4, -0.2) is 14.5 Å². The Balaban J connectivity index is 1.70. The second kappa shape index (κ2) is 6.06. The largest absolute Gasteiger partial charge is 0.340 e. The van der Waals surface area contributed by atoms with Crippen molar-refractivity contribution < 1.29 is 0 Å². The van der Waals surface area contributed by atoms with E-state index in [4.69, 9.17) is 0 Å². The van der Waals surface area contributed by atoms with Crippen LogP contribution in [0.25, 0.3) is 16.9 Å². The summed E-state index contributed by atoms with van der Waals surface area (Å²) in [5.74, 6) is 1.44. The number of benzene rings is 2. The number of nitrogens with zero attached hydrogens (tertiary/aromatic N) is 3. The van der Waals surface area contributed by atoms with E-state index in [-0.39, 0.29) is 0 Å². The maximum absolute atomic E-state index is 4.68. The fraction of sp³-hybridized carbons (Fsp3) is 0.143. The summed E-state index contributed by atoms with van der Waals surface area (Å²) in [6.45, 7) is 6.41. The Bertz CT molecular complexity index is 1040. The molecule has 4 heteroatoms. The summed E-state index contributed by atoms with van der Waals surface area (Å²) >= 11 is 0. The van der Waals surface area contributed by atoms with Crippen molar-refractivity contribution in [3.8, 4) is 5.95 Å².